The van der Waals surface area contributed by atoms with Crippen molar-refractivity contribution in [1.82, 2.24) is 0 Å². The zero-order valence-electron chi connectivity index (χ0n) is 11.1. The first kappa shape index (κ1) is 13.1. The lowest BCUT2D eigenvalue weighted by Crippen LogP contribution is -2.03. The molecule has 0 radical (unpaired) electrons. The number of carbonyl (C=O) groups is 1. The lowest BCUT2D eigenvalue weighted by Gasteiger charge is -2.10. The van der Waals surface area contributed by atoms with Gasteiger partial charge in [-0.1, -0.05) is 36.4 Å². The van der Waals surface area contributed by atoms with Gasteiger partial charge in [-0.05, 0) is 24.1 Å². The zero-order valence-corrected chi connectivity index (χ0v) is 11.1. The van der Waals surface area contributed by atoms with Gasteiger partial charge in [0.25, 0.3) is 0 Å². The van der Waals surface area contributed by atoms with Gasteiger partial charge in [0.15, 0.2) is 0 Å². The molecule has 2 rings (SSSR count). The molecule has 3 nitrogen and oxygen atoms in total. The standard InChI is InChI=1S/C16H16O3/c1-12-8-9-15(10-16(12)19-13(2)17)18-11-14-6-4-3-5-7-14/h3-10H,11H2,1-2H3. The van der Waals surface area contributed by atoms with Crippen molar-refractivity contribution in [2.24, 2.45) is 0 Å². The van der Waals surface area contributed by atoms with Gasteiger partial charge in [-0.3, -0.25) is 4.79 Å². The number of benzene rings is 2. The van der Waals surface area contributed by atoms with Crippen molar-refractivity contribution >= 4 is 5.97 Å². The number of carbonyl (C=O) groups excluding carboxylic acids is 1. The van der Waals surface area contributed by atoms with Crippen molar-refractivity contribution in [2.45, 2.75) is 20.5 Å². The Morgan fingerprint density at radius 2 is 1.84 bits per heavy atom. The highest BCUT2D eigenvalue weighted by atomic mass is 16.5. The van der Waals surface area contributed by atoms with Crippen LogP contribution in [0.15, 0.2) is 48.5 Å². The van der Waals surface area contributed by atoms with Crippen molar-refractivity contribution in [3.8, 4) is 11.5 Å². The van der Waals surface area contributed by atoms with Gasteiger partial charge in [0, 0.05) is 13.0 Å². The molecule has 0 bridgehead atoms. The Hall–Kier alpha value is -2.29. The van der Waals surface area contributed by atoms with Crippen molar-refractivity contribution < 1.29 is 14.3 Å². The molecule has 0 aliphatic rings. The van der Waals surface area contributed by atoms with Gasteiger partial charge in [-0.2, -0.15) is 0 Å². The fourth-order valence-corrected chi connectivity index (χ4v) is 1.68. The molecule has 0 unspecified atom stereocenters. The summed E-state index contributed by atoms with van der Waals surface area (Å²) in [6.45, 7) is 3.76. The average Bonchev–Trinajstić information content (AvgIpc) is 2.40. The van der Waals surface area contributed by atoms with Crippen molar-refractivity contribution in [3.05, 3.63) is 59.7 Å². The molecule has 0 atom stereocenters. The summed E-state index contributed by atoms with van der Waals surface area (Å²) < 4.78 is 10.8. The maximum absolute atomic E-state index is 11.0. The normalized spacial score (nSPS) is 10.0. The van der Waals surface area contributed by atoms with Crippen LogP contribution in [0, 0.1) is 6.92 Å². The summed E-state index contributed by atoms with van der Waals surface area (Å²) in [6.07, 6.45) is 0. The van der Waals surface area contributed by atoms with Gasteiger partial charge in [-0.25, -0.2) is 0 Å². The molecule has 19 heavy (non-hydrogen) atoms. The minimum Gasteiger partial charge on any atom is -0.489 e. The monoisotopic (exact) mass is 256 g/mol. The van der Waals surface area contributed by atoms with E-state index in [1.807, 2.05) is 49.4 Å². The van der Waals surface area contributed by atoms with Gasteiger partial charge < -0.3 is 9.47 Å². The van der Waals surface area contributed by atoms with E-state index < -0.39 is 0 Å². The highest BCUT2D eigenvalue weighted by molar-refractivity contribution is 5.70. The lowest BCUT2D eigenvalue weighted by atomic mass is 10.2. The highest BCUT2D eigenvalue weighted by Crippen LogP contribution is 2.25. The number of hydrogen-bond acceptors (Lipinski definition) is 3. The third kappa shape index (κ3) is 3.85. The molecule has 2 aromatic carbocycles. The highest BCUT2D eigenvalue weighted by Gasteiger charge is 2.05. The number of ether oxygens (including phenoxy) is 2. The summed E-state index contributed by atoms with van der Waals surface area (Å²) in [5.74, 6) is 0.895. The van der Waals surface area contributed by atoms with Crippen LogP contribution in [0.4, 0.5) is 0 Å². The molecular formula is C16H16O3. The predicted octanol–water partition coefficient (Wildman–Crippen LogP) is 3.50. The van der Waals surface area contributed by atoms with Crippen LogP contribution in [0.3, 0.4) is 0 Å². The number of rotatable bonds is 4. The molecule has 0 heterocycles. The number of hydrogen-bond donors (Lipinski definition) is 0. The number of aryl methyl sites for hydroxylation is 1. The first-order chi connectivity index (χ1) is 9.15. The second-order valence-corrected chi connectivity index (χ2v) is 4.30. The third-order valence-corrected chi connectivity index (χ3v) is 2.66. The van der Waals surface area contributed by atoms with E-state index in [1.165, 1.54) is 6.92 Å². The van der Waals surface area contributed by atoms with E-state index in [4.69, 9.17) is 9.47 Å². The summed E-state index contributed by atoms with van der Waals surface area (Å²) in [5, 5.41) is 0. The van der Waals surface area contributed by atoms with E-state index in [0.717, 1.165) is 11.1 Å². The van der Waals surface area contributed by atoms with Crippen LogP contribution >= 0.6 is 0 Å². The Labute approximate surface area is 112 Å². The van der Waals surface area contributed by atoms with E-state index in [2.05, 4.69) is 0 Å². The van der Waals surface area contributed by atoms with E-state index in [0.29, 0.717) is 18.1 Å². The molecule has 0 aliphatic heterocycles. The second kappa shape index (κ2) is 6.05. The molecule has 0 N–H and O–H groups in total. The average molecular weight is 256 g/mol. The Morgan fingerprint density at radius 3 is 2.53 bits per heavy atom. The van der Waals surface area contributed by atoms with E-state index in [1.54, 1.807) is 6.07 Å². The van der Waals surface area contributed by atoms with Crippen LogP contribution in [0.5, 0.6) is 11.5 Å². The van der Waals surface area contributed by atoms with Crippen LogP contribution in [-0.4, -0.2) is 5.97 Å². The van der Waals surface area contributed by atoms with Crippen molar-refractivity contribution in [1.29, 1.82) is 0 Å². The molecule has 2 aromatic rings. The molecule has 0 saturated heterocycles. The fourth-order valence-electron chi connectivity index (χ4n) is 1.68. The van der Waals surface area contributed by atoms with Crippen molar-refractivity contribution in [3.63, 3.8) is 0 Å². The van der Waals surface area contributed by atoms with E-state index >= 15 is 0 Å². The molecule has 98 valence electrons. The van der Waals surface area contributed by atoms with E-state index in [9.17, 15) is 4.79 Å². The van der Waals surface area contributed by atoms with Gasteiger partial charge >= 0.3 is 5.97 Å². The minimum atomic E-state index is -0.330. The fraction of sp³-hybridized carbons (Fsp3) is 0.188. The first-order valence-corrected chi connectivity index (χ1v) is 6.11. The predicted molar refractivity (Wildman–Crippen MR) is 73.3 cm³/mol. The number of esters is 1. The second-order valence-electron chi connectivity index (χ2n) is 4.30. The maximum Gasteiger partial charge on any atom is 0.308 e. The van der Waals surface area contributed by atoms with Crippen LogP contribution in [-0.2, 0) is 11.4 Å². The lowest BCUT2D eigenvalue weighted by molar-refractivity contribution is -0.131. The quantitative estimate of drug-likeness (QED) is 0.620. The summed E-state index contributed by atoms with van der Waals surface area (Å²) in [4.78, 5) is 11.0. The molecule has 0 amide bonds. The summed E-state index contributed by atoms with van der Waals surface area (Å²) in [6, 6.07) is 15.4. The van der Waals surface area contributed by atoms with Gasteiger partial charge in [0.2, 0.25) is 0 Å². The Bertz CT molecular complexity index is 561. The summed E-state index contributed by atoms with van der Waals surface area (Å²) >= 11 is 0. The summed E-state index contributed by atoms with van der Waals surface area (Å²) in [7, 11) is 0. The zero-order chi connectivity index (χ0) is 13.7. The van der Waals surface area contributed by atoms with E-state index in [-0.39, 0.29) is 5.97 Å². The molecule has 3 heteroatoms. The Morgan fingerprint density at radius 1 is 1.11 bits per heavy atom. The minimum absolute atomic E-state index is 0.330. The summed E-state index contributed by atoms with van der Waals surface area (Å²) in [5.41, 5.74) is 2.00. The van der Waals surface area contributed by atoms with Crippen molar-refractivity contribution in [2.75, 3.05) is 0 Å². The van der Waals surface area contributed by atoms with Crippen LogP contribution in [0.2, 0.25) is 0 Å². The topological polar surface area (TPSA) is 35.5 Å². The maximum atomic E-state index is 11.0. The molecule has 0 aliphatic carbocycles. The molecule has 0 fully saturated rings. The van der Waals surface area contributed by atoms with Gasteiger partial charge in [-0.15, -0.1) is 0 Å². The van der Waals surface area contributed by atoms with Crippen LogP contribution < -0.4 is 9.47 Å². The largest absolute Gasteiger partial charge is 0.489 e. The van der Waals surface area contributed by atoms with Gasteiger partial charge in [0.1, 0.15) is 18.1 Å². The first-order valence-electron chi connectivity index (χ1n) is 6.11. The SMILES string of the molecule is CC(=O)Oc1cc(OCc2ccccc2)ccc1C. The smallest absolute Gasteiger partial charge is 0.308 e. The third-order valence-electron chi connectivity index (χ3n) is 2.66. The van der Waals surface area contributed by atoms with Gasteiger partial charge in [0.05, 0.1) is 0 Å². The molecule has 0 spiro atoms. The molecular weight excluding hydrogens is 240 g/mol. The van der Waals surface area contributed by atoms with Crippen LogP contribution in [0.25, 0.3) is 0 Å². The molecule has 0 aromatic heterocycles. The Kier molecular flexibility index (Phi) is 4.18. The Balaban J connectivity index is 2.06. The molecule has 0 saturated carbocycles. The van der Waals surface area contributed by atoms with Crippen LogP contribution in [0.1, 0.15) is 18.1 Å².